The van der Waals surface area contributed by atoms with Gasteiger partial charge in [-0.3, -0.25) is 9.59 Å². The van der Waals surface area contributed by atoms with E-state index in [1.807, 2.05) is 0 Å². The second kappa shape index (κ2) is 5.35. The second-order valence-electron chi connectivity index (χ2n) is 2.78. The summed E-state index contributed by atoms with van der Waals surface area (Å²) in [5.74, 6) is 0.573. The second-order valence-corrected chi connectivity index (χ2v) is 2.78. The van der Waals surface area contributed by atoms with Crippen molar-refractivity contribution in [3.05, 3.63) is 11.5 Å². The lowest BCUT2D eigenvalue weighted by Crippen LogP contribution is -2.26. The minimum absolute atomic E-state index is 0.0599. The number of hydrogen-bond acceptors (Lipinski definition) is 3. The average molecular weight is 185 g/mol. The Kier molecular flexibility index (Phi) is 4.80. The third kappa shape index (κ3) is 3.73. The van der Waals surface area contributed by atoms with Crippen molar-refractivity contribution >= 4 is 12.2 Å². The van der Waals surface area contributed by atoms with Crippen LogP contribution in [-0.4, -0.2) is 30.7 Å². The summed E-state index contributed by atoms with van der Waals surface area (Å²) in [7, 11) is 1.52. The molecule has 0 saturated carbocycles. The molecule has 0 aromatic heterocycles. The average Bonchev–Trinajstić information content (AvgIpc) is 2.11. The number of Topliss-reactive ketones (excluding diaryl/α,β-unsaturated/α-hetero) is 1. The van der Waals surface area contributed by atoms with Gasteiger partial charge in [0, 0.05) is 0 Å². The van der Waals surface area contributed by atoms with Crippen LogP contribution in [-0.2, 0) is 14.3 Å². The molecule has 0 unspecified atom stereocenters. The Labute approximate surface area is 78.2 Å². The molecule has 0 spiro atoms. The number of carbonyl (C=O) groups excluding carboxylic acids is 2. The van der Waals surface area contributed by atoms with Crippen LogP contribution >= 0.6 is 0 Å². The molecule has 0 radical (unpaired) electrons. The van der Waals surface area contributed by atoms with Gasteiger partial charge in [-0.25, -0.2) is 0 Å². The largest absolute Gasteiger partial charge is 0.500 e. The first-order valence-electron chi connectivity index (χ1n) is 3.95. The number of allylic oxidation sites excluding steroid dienone is 2. The fourth-order valence-electron chi connectivity index (χ4n) is 0.825. The van der Waals surface area contributed by atoms with E-state index in [1.165, 1.54) is 18.9 Å². The highest BCUT2D eigenvalue weighted by molar-refractivity contribution is 5.80. The normalized spacial score (nSPS) is 11.7. The van der Waals surface area contributed by atoms with E-state index in [-0.39, 0.29) is 12.3 Å². The van der Waals surface area contributed by atoms with Crippen LogP contribution in [0.3, 0.4) is 0 Å². The lowest BCUT2D eigenvalue weighted by Gasteiger charge is -2.17. The van der Waals surface area contributed by atoms with Crippen molar-refractivity contribution in [2.24, 2.45) is 0 Å². The van der Waals surface area contributed by atoms with E-state index in [4.69, 9.17) is 4.74 Å². The number of nitrogens with zero attached hydrogens (tertiary/aromatic N) is 1. The van der Waals surface area contributed by atoms with Crippen molar-refractivity contribution in [2.75, 3.05) is 13.7 Å². The van der Waals surface area contributed by atoms with Crippen molar-refractivity contribution in [3.8, 4) is 0 Å². The highest BCUT2D eigenvalue weighted by Crippen LogP contribution is 2.07. The third-order valence-electron chi connectivity index (χ3n) is 1.77. The van der Waals surface area contributed by atoms with Crippen molar-refractivity contribution in [1.29, 1.82) is 0 Å². The standard InChI is InChI=1S/C9H15NO3/c1-7(12)5-10(6-11)8(2)9(3)13-4/h6H,5H2,1-4H3. The molecular formula is C9H15NO3. The zero-order valence-electron chi connectivity index (χ0n) is 8.46. The molecule has 0 bridgehead atoms. The van der Waals surface area contributed by atoms with Crippen LogP contribution in [0, 0.1) is 0 Å². The molecule has 0 saturated heterocycles. The molecule has 0 atom stereocenters. The van der Waals surface area contributed by atoms with Gasteiger partial charge in [-0.15, -0.1) is 0 Å². The Morgan fingerprint density at radius 3 is 2.23 bits per heavy atom. The molecule has 74 valence electrons. The molecule has 0 N–H and O–H groups in total. The highest BCUT2D eigenvalue weighted by atomic mass is 16.5. The quantitative estimate of drug-likeness (QED) is 0.473. The monoisotopic (exact) mass is 185 g/mol. The summed E-state index contributed by atoms with van der Waals surface area (Å²) >= 11 is 0. The SMILES string of the molecule is COC(C)=C(C)N(C=O)CC(C)=O. The fraction of sp³-hybridized carbons (Fsp3) is 0.556. The molecule has 0 rings (SSSR count). The molecule has 1 amide bonds. The molecule has 0 aliphatic carbocycles. The van der Waals surface area contributed by atoms with E-state index in [1.54, 1.807) is 13.8 Å². The summed E-state index contributed by atoms with van der Waals surface area (Å²) in [4.78, 5) is 22.7. The predicted molar refractivity (Wildman–Crippen MR) is 48.8 cm³/mol. The van der Waals surface area contributed by atoms with E-state index in [0.29, 0.717) is 17.9 Å². The number of rotatable bonds is 5. The molecule has 0 fully saturated rings. The van der Waals surface area contributed by atoms with Crippen molar-refractivity contribution < 1.29 is 14.3 Å². The summed E-state index contributed by atoms with van der Waals surface area (Å²) in [5.41, 5.74) is 0.660. The van der Waals surface area contributed by atoms with Gasteiger partial charge in [0.2, 0.25) is 6.41 Å². The summed E-state index contributed by atoms with van der Waals surface area (Å²) in [5, 5.41) is 0. The van der Waals surface area contributed by atoms with Gasteiger partial charge in [0.25, 0.3) is 0 Å². The van der Waals surface area contributed by atoms with Crippen molar-refractivity contribution in [1.82, 2.24) is 4.90 Å². The summed E-state index contributed by atoms with van der Waals surface area (Å²) < 4.78 is 4.94. The van der Waals surface area contributed by atoms with E-state index >= 15 is 0 Å². The van der Waals surface area contributed by atoms with Crippen LogP contribution in [0.1, 0.15) is 20.8 Å². The predicted octanol–water partition coefficient (Wildman–Crippen LogP) is 0.932. The molecule has 13 heavy (non-hydrogen) atoms. The minimum Gasteiger partial charge on any atom is -0.500 e. The summed E-state index contributed by atoms with van der Waals surface area (Å²) in [6.07, 6.45) is 0.624. The van der Waals surface area contributed by atoms with Gasteiger partial charge in [-0.05, 0) is 20.8 Å². The van der Waals surface area contributed by atoms with E-state index in [0.717, 1.165) is 0 Å². The van der Waals surface area contributed by atoms with Gasteiger partial charge in [0.05, 0.1) is 19.4 Å². The smallest absolute Gasteiger partial charge is 0.214 e. The number of ether oxygens (including phenoxy) is 1. The Bertz CT molecular complexity index is 233. The zero-order valence-corrected chi connectivity index (χ0v) is 8.46. The van der Waals surface area contributed by atoms with Gasteiger partial charge < -0.3 is 9.64 Å². The first-order valence-corrected chi connectivity index (χ1v) is 3.95. The van der Waals surface area contributed by atoms with Gasteiger partial charge in [0.15, 0.2) is 0 Å². The summed E-state index contributed by atoms with van der Waals surface area (Å²) in [6.45, 7) is 5.00. The number of ketones is 1. The molecule has 4 heteroatoms. The highest BCUT2D eigenvalue weighted by Gasteiger charge is 2.09. The van der Waals surface area contributed by atoms with Gasteiger partial charge in [0.1, 0.15) is 11.5 Å². The topological polar surface area (TPSA) is 46.6 Å². The molecule has 0 heterocycles. The van der Waals surface area contributed by atoms with Crippen molar-refractivity contribution in [3.63, 3.8) is 0 Å². The Morgan fingerprint density at radius 2 is 1.92 bits per heavy atom. The van der Waals surface area contributed by atoms with Gasteiger partial charge in [-0.2, -0.15) is 0 Å². The maximum absolute atomic E-state index is 10.8. The van der Waals surface area contributed by atoms with Gasteiger partial charge in [-0.1, -0.05) is 0 Å². The fourth-order valence-corrected chi connectivity index (χ4v) is 0.825. The van der Waals surface area contributed by atoms with Gasteiger partial charge >= 0.3 is 0 Å². The van der Waals surface area contributed by atoms with Crippen LogP contribution in [0.2, 0.25) is 0 Å². The lowest BCUT2D eigenvalue weighted by atomic mass is 10.3. The molecule has 0 aromatic carbocycles. The van der Waals surface area contributed by atoms with Crippen LogP contribution in [0.5, 0.6) is 0 Å². The number of amides is 1. The summed E-state index contributed by atoms with van der Waals surface area (Å²) in [6, 6.07) is 0. The molecular weight excluding hydrogens is 170 g/mol. The maximum Gasteiger partial charge on any atom is 0.214 e. The first kappa shape index (κ1) is 11.7. The Hall–Kier alpha value is -1.32. The number of methoxy groups -OCH3 is 1. The van der Waals surface area contributed by atoms with Crippen LogP contribution in [0.4, 0.5) is 0 Å². The first-order chi connectivity index (χ1) is 6.02. The third-order valence-corrected chi connectivity index (χ3v) is 1.77. The van der Waals surface area contributed by atoms with Crippen molar-refractivity contribution in [2.45, 2.75) is 20.8 Å². The Morgan fingerprint density at radius 1 is 1.38 bits per heavy atom. The minimum atomic E-state index is -0.0599. The zero-order chi connectivity index (χ0) is 10.4. The van der Waals surface area contributed by atoms with Crippen LogP contribution in [0.15, 0.2) is 11.5 Å². The molecule has 0 aliphatic rings. The lowest BCUT2D eigenvalue weighted by molar-refractivity contribution is -0.124. The molecule has 4 nitrogen and oxygen atoms in total. The maximum atomic E-state index is 10.8. The molecule has 0 aromatic rings. The molecule has 0 aliphatic heterocycles. The van der Waals surface area contributed by atoms with E-state index in [2.05, 4.69) is 0 Å². The van der Waals surface area contributed by atoms with Crippen LogP contribution < -0.4 is 0 Å². The number of carbonyl (C=O) groups is 2. The Balaban J connectivity index is 4.57. The van der Waals surface area contributed by atoms with Crippen LogP contribution in [0.25, 0.3) is 0 Å². The van der Waals surface area contributed by atoms with E-state index in [9.17, 15) is 9.59 Å². The van der Waals surface area contributed by atoms with E-state index < -0.39 is 0 Å². The number of hydrogen-bond donors (Lipinski definition) is 0.